The van der Waals surface area contributed by atoms with Gasteiger partial charge in [0.25, 0.3) is 0 Å². The minimum atomic E-state index is -0.863. The summed E-state index contributed by atoms with van der Waals surface area (Å²) in [5, 5.41) is 0. The van der Waals surface area contributed by atoms with E-state index in [9.17, 15) is 9.18 Å². The van der Waals surface area contributed by atoms with Gasteiger partial charge in [0.05, 0.1) is 12.7 Å². The van der Waals surface area contributed by atoms with Gasteiger partial charge in [0.1, 0.15) is 17.7 Å². The standard InChI is InChI=1S/C18H20BrFO3/c1-16(2)12-5-6-17(16,3)15(21)18(12)14(23-18)13-10(20)7-9(19)8-11(13)22-4/h7-8,12,14H,5-6H2,1-4H3. The molecule has 1 aromatic rings. The van der Waals surface area contributed by atoms with E-state index in [1.54, 1.807) is 6.07 Å². The maximum atomic E-state index is 14.6. The van der Waals surface area contributed by atoms with E-state index in [0.717, 1.165) is 12.8 Å². The third-order valence-electron chi connectivity index (χ3n) is 6.78. The second-order valence-electron chi connectivity index (χ2n) is 7.77. The van der Waals surface area contributed by atoms with E-state index >= 15 is 0 Å². The molecule has 3 fully saturated rings. The number of hydrogen-bond acceptors (Lipinski definition) is 3. The number of epoxide rings is 1. The lowest BCUT2D eigenvalue weighted by atomic mass is 9.70. The second kappa shape index (κ2) is 4.37. The summed E-state index contributed by atoms with van der Waals surface area (Å²) in [4.78, 5) is 13.2. The summed E-state index contributed by atoms with van der Waals surface area (Å²) in [5.41, 5.74) is -1.00. The van der Waals surface area contributed by atoms with Gasteiger partial charge in [-0.05, 0) is 30.4 Å². The molecule has 2 bridgehead atoms. The van der Waals surface area contributed by atoms with E-state index in [1.165, 1.54) is 13.2 Å². The van der Waals surface area contributed by atoms with Gasteiger partial charge in [-0.3, -0.25) is 4.79 Å². The van der Waals surface area contributed by atoms with E-state index < -0.39 is 17.5 Å². The molecule has 0 radical (unpaired) electrons. The number of ether oxygens (including phenoxy) is 2. The first-order chi connectivity index (χ1) is 10.7. The average Bonchev–Trinajstić information content (AvgIpc) is 3.10. The van der Waals surface area contributed by atoms with Gasteiger partial charge in [0.15, 0.2) is 11.4 Å². The van der Waals surface area contributed by atoms with Crippen molar-refractivity contribution in [1.82, 2.24) is 0 Å². The highest BCUT2D eigenvalue weighted by atomic mass is 79.9. The number of Topliss-reactive ketones (excluding diaryl/α,β-unsaturated/α-hetero) is 1. The smallest absolute Gasteiger partial charge is 0.174 e. The zero-order valence-electron chi connectivity index (χ0n) is 13.7. The lowest BCUT2D eigenvalue weighted by Crippen LogP contribution is -2.37. The van der Waals surface area contributed by atoms with Crippen LogP contribution >= 0.6 is 15.9 Å². The van der Waals surface area contributed by atoms with Crippen LogP contribution in [0.15, 0.2) is 16.6 Å². The lowest BCUT2D eigenvalue weighted by Gasteiger charge is -2.31. The quantitative estimate of drug-likeness (QED) is 0.710. The Morgan fingerprint density at radius 1 is 1.35 bits per heavy atom. The van der Waals surface area contributed by atoms with E-state index in [1.807, 2.05) is 6.92 Å². The molecule has 1 heterocycles. The summed E-state index contributed by atoms with van der Waals surface area (Å²) in [6, 6.07) is 3.12. The summed E-state index contributed by atoms with van der Waals surface area (Å²) < 4.78 is 26.5. The van der Waals surface area contributed by atoms with Crippen molar-refractivity contribution in [1.29, 1.82) is 0 Å². The third-order valence-corrected chi connectivity index (χ3v) is 7.24. The number of carbonyl (C=O) groups excluding carboxylic acids is 1. The summed E-state index contributed by atoms with van der Waals surface area (Å²) in [7, 11) is 1.51. The van der Waals surface area contributed by atoms with Crippen molar-refractivity contribution in [2.45, 2.75) is 45.3 Å². The zero-order valence-corrected chi connectivity index (χ0v) is 15.3. The highest BCUT2D eigenvalue weighted by Crippen LogP contribution is 2.76. The van der Waals surface area contributed by atoms with Crippen molar-refractivity contribution >= 4 is 21.7 Å². The minimum absolute atomic E-state index is 0.127. The molecule has 2 aliphatic carbocycles. The molecule has 5 heteroatoms. The van der Waals surface area contributed by atoms with Gasteiger partial charge in [0, 0.05) is 15.8 Å². The van der Waals surface area contributed by atoms with E-state index in [2.05, 4.69) is 29.8 Å². The molecule has 1 spiro atoms. The van der Waals surface area contributed by atoms with Crippen molar-refractivity contribution in [3.63, 3.8) is 0 Å². The Bertz CT molecular complexity index is 731. The van der Waals surface area contributed by atoms with E-state index in [-0.39, 0.29) is 22.5 Å². The monoisotopic (exact) mass is 382 g/mol. The van der Waals surface area contributed by atoms with Crippen LogP contribution in [0.3, 0.4) is 0 Å². The molecule has 3 aliphatic rings. The number of ketones is 1. The van der Waals surface area contributed by atoms with Crippen LogP contribution in [0.4, 0.5) is 4.39 Å². The fraction of sp³-hybridized carbons (Fsp3) is 0.611. The van der Waals surface area contributed by atoms with E-state index in [0.29, 0.717) is 15.8 Å². The number of halogens is 2. The molecular weight excluding hydrogens is 363 g/mol. The molecule has 4 atom stereocenters. The molecule has 1 aliphatic heterocycles. The number of methoxy groups -OCH3 is 1. The van der Waals surface area contributed by atoms with Crippen molar-refractivity contribution in [2.75, 3.05) is 7.11 Å². The number of benzene rings is 1. The summed E-state index contributed by atoms with van der Waals surface area (Å²) in [6.45, 7) is 6.33. The molecule has 0 N–H and O–H groups in total. The number of carbonyl (C=O) groups is 1. The molecule has 4 rings (SSSR count). The molecule has 2 saturated carbocycles. The van der Waals surface area contributed by atoms with Crippen LogP contribution in [-0.4, -0.2) is 18.5 Å². The van der Waals surface area contributed by atoms with Crippen molar-refractivity contribution in [3.8, 4) is 5.75 Å². The largest absolute Gasteiger partial charge is 0.496 e. The van der Waals surface area contributed by atoms with Gasteiger partial charge in [-0.15, -0.1) is 0 Å². The summed E-state index contributed by atoms with van der Waals surface area (Å²) in [6.07, 6.45) is 1.30. The first-order valence-electron chi connectivity index (χ1n) is 7.96. The fourth-order valence-electron chi connectivity index (χ4n) is 5.10. The van der Waals surface area contributed by atoms with E-state index in [4.69, 9.17) is 9.47 Å². The Labute approximate surface area is 143 Å². The number of fused-ring (bicyclic) bond motifs is 3. The Morgan fingerprint density at radius 2 is 2.04 bits per heavy atom. The Balaban J connectivity index is 1.82. The van der Waals surface area contributed by atoms with Crippen LogP contribution in [0.1, 0.15) is 45.3 Å². The molecule has 4 unspecified atom stereocenters. The molecule has 124 valence electrons. The van der Waals surface area contributed by atoms with Crippen LogP contribution in [0.25, 0.3) is 0 Å². The highest BCUT2D eigenvalue weighted by Gasteiger charge is 2.83. The number of rotatable bonds is 2. The Kier molecular flexibility index (Phi) is 2.96. The Morgan fingerprint density at radius 3 is 2.61 bits per heavy atom. The fourth-order valence-corrected chi connectivity index (χ4v) is 5.51. The van der Waals surface area contributed by atoms with Crippen LogP contribution in [-0.2, 0) is 9.53 Å². The van der Waals surface area contributed by atoms with Gasteiger partial charge >= 0.3 is 0 Å². The van der Waals surface area contributed by atoms with Crippen LogP contribution in [0.2, 0.25) is 0 Å². The zero-order chi connectivity index (χ0) is 16.8. The summed E-state index contributed by atoms with van der Waals surface area (Å²) in [5.74, 6) is 0.305. The first kappa shape index (κ1) is 15.6. The van der Waals surface area contributed by atoms with Gasteiger partial charge in [-0.1, -0.05) is 36.7 Å². The SMILES string of the molecule is COc1cc(Br)cc(F)c1C1OC12C(=O)C1(C)CCC2C1(C)C. The van der Waals surface area contributed by atoms with Crippen LogP contribution in [0.5, 0.6) is 5.75 Å². The molecule has 23 heavy (non-hydrogen) atoms. The predicted octanol–water partition coefficient (Wildman–Crippen LogP) is 4.43. The molecule has 1 aromatic carbocycles. The van der Waals surface area contributed by atoms with Crippen molar-refractivity contribution in [3.05, 3.63) is 28.0 Å². The maximum absolute atomic E-state index is 14.6. The molecular formula is C18H20BrFO3. The highest BCUT2D eigenvalue weighted by molar-refractivity contribution is 9.10. The molecule has 0 amide bonds. The first-order valence-corrected chi connectivity index (χ1v) is 8.75. The summed E-state index contributed by atoms with van der Waals surface area (Å²) >= 11 is 3.28. The molecule has 1 saturated heterocycles. The average molecular weight is 383 g/mol. The third kappa shape index (κ3) is 1.60. The van der Waals surface area contributed by atoms with Crippen LogP contribution in [0, 0.1) is 22.6 Å². The predicted molar refractivity (Wildman–Crippen MR) is 86.8 cm³/mol. The topological polar surface area (TPSA) is 38.8 Å². The number of hydrogen-bond donors (Lipinski definition) is 0. The molecule has 0 aromatic heterocycles. The van der Waals surface area contributed by atoms with Crippen LogP contribution < -0.4 is 4.74 Å². The normalized spacial score (nSPS) is 40.0. The van der Waals surface area contributed by atoms with Crippen molar-refractivity contribution < 1.29 is 18.7 Å². The van der Waals surface area contributed by atoms with Gasteiger partial charge in [-0.25, -0.2) is 4.39 Å². The molecule has 3 nitrogen and oxygen atoms in total. The van der Waals surface area contributed by atoms with Gasteiger partial charge in [-0.2, -0.15) is 0 Å². The van der Waals surface area contributed by atoms with Gasteiger partial charge in [0.2, 0.25) is 0 Å². The minimum Gasteiger partial charge on any atom is -0.496 e. The van der Waals surface area contributed by atoms with Crippen molar-refractivity contribution in [2.24, 2.45) is 16.7 Å². The maximum Gasteiger partial charge on any atom is 0.174 e. The lowest BCUT2D eigenvalue weighted by molar-refractivity contribution is -0.132. The van der Waals surface area contributed by atoms with Gasteiger partial charge < -0.3 is 9.47 Å². The second-order valence-corrected chi connectivity index (χ2v) is 8.68. The Hall–Kier alpha value is -0.940.